The van der Waals surface area contributed by atoms with Crippen LogP contribution >= 0.6 is 0 Å². The molecule has 1 heterocycles. The second-order valence-corrected chi connectivity index (χ2v) is 3.98. The molecule has 1 fully saturated rings. The number of aliphatic hydroxyl groups is 2. The van der Waals surface area contributed by atoms with Crippen LogP contribution < -0.4 is 0 Å². The van der Waals surface area contributed by atoms with E-state index >= 15 is 0 Å². The van der Waals surface area contributed by atoms with Crippen molar-refractivity contribution in [3.8, 4) is 0 Å². The summed E-state index contributed by atoms with van der Waals surface area (Å²) in [6.45, 7) is 5.24. The maximum Gasteiger partial charge on any atom is 0.163 e. The predicted octanol–water partition coefficient (Wildman–Crippen LogP) is 0.270. The Kier molecular flexibility index (Phi) is 3.29. The van der Waals surface area contributed by atoms with Gasteiger partial charge >= 0.3 is 0 Å². The fraction of sp³-hybridized carbons (Fsp3) is 1.00. The SMILES string of the molecule is C[C@H](O)C[C@H]1OC(C)(C)O[C@@H]1CO. The van der Waals surface area contributed by atoms with Crippen molar-refractivity contribution in [1.82, 2.24) is 0 Å². The van der Waals surface area contributed by atoms with Gasteiger partial charge in [-0.1, -0.05) is 0 Å². The Morgan fingerprint density at radius 3 is 2.31 bits per heavy atom. The molecule has 0 saturated carbocycles. The summed E-state index contributed by atoms with van der Waals surface area (Å²) in [7, 11) is 0. The molecule has 1 rings (SSSR count). The van der Waals surface area contributed by atoms with E-state index in [0.717, 1.165) is 0 Å². The second-order valence-electron chi connectivity index (χ2n) is 3.98. The van der Waals surface area contributed by atoms with Gasteiger partial charge in [-0.3, -0.25) is 0 Å². The molecule has 1 aliphatic heterocycles. The zero-order valence-electron chi connectivity index (χ0n) is 8.36. The lowest BCUT2D eigenvalue weighted by Gasteiger charge is -2.17. The largest absolute Gasteiger partial charge is 0.394 e. The molecule has 4 nitrogen and oxygen atoms in total. The van der Waals surface area contributed by atoms with Crippen molar-refractivity contribution in [2.45, 2.75) is 51.3 Å². The molecule has 1 saturated heterocycles. The van der Waals surface area contributed by atoms with E-state index in [1.165, 1.54) is 0 Å². The van der Waals surface area contributed by atoms with Crippen LogP contribution in [-0.2, 0) is 9.47 Å². The lowest BCUT2D eigenvalue weighted by molar-refractivity contribution is -0.150. The minimum Gasteiger partial charge on any atom is -0.394 e. The van der Waals surface area contributed by atoms with Crippen molar-refractivity contribution in [3.05, 3.63) is 0 Å². The molecule has 78 valence electrons. The minimum atomic E-state index is -0.646. The maximum absolute atomic E-state index is 9.18. The zero-order valence-corrected chi connectivity index (χ0v) is 8.36. The van der Waals surface area contributed by atoms with Crippen molar-refractivity contribution in [2.75, 3.05) is 6.61 Å². The first-order valence-electron chi connectivity index (χ1n) is 4.59. The molecule has 0 spiro atoms. The zero-order chi connectivity index (χ0) is 10.1. The van der Waals surface area contributed by atoms with Gasteiger partial charge in [0.25, 0.3) is 0 Å². The third kappa shape index (κ3) is 2.91. The Morgan fingerprint density at radius 1 is 1.31 bits per heavy atom. The quantitative estimate of drug-likeness (QED) is 0.670. The van der Waals surface area contributed by atoms with E-state index in [9.17, 15) is 5.11 Å². The molecule has 0 aromatic rings. The smallest absolute Gasteiger partial charge is 0.163 e. The lowest BCUT2D eigenvalue weighted by Crippen LogP contribution is -2.29. The Morgan fingerprint density at radius 2 is 1.85 bits per heavy atom. The topological polar surface area (TPSA) is 58.9 Å². The average Bonchev–Trinajstić information content (AvgIpc) is 2.24. The summed E-state index contributed by atoms with van der Waals surface area (Å²) in [6.07, 6.45) is -0.463. The van der Waals surface area contributed by atoms with Crippen LogP contribution in [0.5, 0.6) is 0 Å². The van der Waals surface area contributed by atoms with Gasteiger partial charge in [-0.15, -0.1) is 0 Å². The molecule has 0 amide bonds. The predicted molar refractivity (Wildman–Crippen MR) is 47.2 cm³/mol. The number of hydrogen-bond donors (Lipinski definition) is 2. The van der Waals surface area contributed by atoms with E-state index in [2.05, 4.69) is 0 Å². The van der Waals surface area contributed by atoms with Crippen LogP contribution in [0.2, 0.25) is 0 Å². The van der Waals surface area contributed by atoms with Gasteiger partial charge in [-0.05, 0) is 20.8 Å². The van der Waals surface area contributed by atoms with Crippen molar-refractivity contribution < 1.29 is 19.7 Å². The first-order chi connectivity index (χ1) is 5.94. The summed E-state index contributed by atoms with van der Waals surface area (Å²) in [5.41, 5.74) is 0. The monoisotopic (exact) mass is 190 g/mol. The Labute approximate surface area is 78.5 Å². The van der Waals surface area contributed by atoms with Crippen LogP contribution in [0.1, 0.15) is 27.2 Å². The van der Waals surface area contributed by atoms with Gasteiger partial charge in [0.15, 0.2) is 5.79 Å². The van der Waals surface area contributed by atoms with Crippen LogP contribution in [0.25, 0.3) is 0 Å². The van der Waals surface area contributed by atoms with Gasteiger partial charge in [0.2, 0.25) is 0 Å². The summed E-state index contributed by atoms with van der Waals surface area (Å²) < 4.78 is 10.9. The normalized spacial score (nSPS) is 34.8. The molecule has 1 aliphatic rings. The lowest BCUT2D eigenvalue weighted by atomic mass is 10.1. The van der Waals surface area contributed by atoms with Crippen molar-refractivity contribution >= 4 is 0 Å². The van der Waals surface area contributed by atoms with E-state index in [-0.39, 0.29) is 18.8 Å². The summed E-state index contributed by atoms with van der Waals surface area (Å²) in [5.74, 6) is -0.646. The third-order valence-electron chi connectivity index (χ3n) is 2.04. The molecule has 3 atom stereocenters. The summed E-state index contributed by atoms with van der Waals surface area (Å²) >= 11 is 0. The summed E-state index contributed by atoms with van der Waals surface area (Å²) in [5, 5.41) is 18.2. The highest BCUT2D eigenvalue weighted by atomic mass is 16.8. The van der Waals surface area contributed by atoms with Crippen LogP contribution in [0.15, 0.2) is 0 Å². The highest BCUT2D eigenvalue weighted by Gasteiger charge is 2.40. The molecule has 13 heavy (non-hydrogen) atoms. The summed E-state index contributed by atoms with van der Waals surface area (Å²) in [6, 6.07) is 0. The number of aliphatic hydroxyl groups excluding tert-OH is 2. The molecule has 0 bridgehead atoms. The van der Waals surface area contributed by atoms with Gasteiger partial charge in [0.05, 0.1) is 18.8 Å². The van der Waals surface area contributed by atoms with Crippen LogP contribution in [0.3, 0.4) is 0 Å². The van der Waals surface area contributed by atoms with Crippen molar-refractivity contribution in [1.29, 1.82) is 0 Å². The molecule has 0 radical (unpaired) electrons. The first-order valence-corrected chi connectivity index (χ1v) is 4.59. The number of ether oxygens (including phenoxy) is 2. The molecule has 2 N–H and O–H groups in total. The van der Waals surface area contributed by atoms with Crippen LogP contribution in [0, 0.1) is 0 Å². The van der Waals surface area contributed by atoms with Crippen LogP contribution in [-0.4, -0.2) is 40.9 Å². The van der Waals surface area contributed by atoms with Crippen molar-refractivity contribution in [2.24, 2.45) is 0 Å². The third-order valence-corrected chi connectivity index (χ3v) is 2.04. The van der Waals surface area contributed by atoms with E-state index in [0.29, 0.717) is 6.42 Å². The van der Waals surface area contributed by atoms with Gasteiger partial charge < -0.3 is 19.7 Å². The van der Waals surface area contributed by atoms with E-state index in [4.69, 9.17) is 14.6 Å². The van der Waals surface area contributed by atoms with Crippen LogP contribution in [0.4, 0.5) is 0 Å². The first kappa shape index (κ1) is 10.9. The average molecular weight is 190 g/mol. The molecular weight excluding hydrogens is 172 g/mol. The fourth-order valence-electron chi connectivity index (χ4n) is 1.60. The minimum absolute atomic E-state index is 0.0686. The molecule has 4 heteroatoms. The summed E-state index contributed by atoms with van der Waals surface area (Å²) in [4.78, 5) is 0. The fourth-order valence-corrected chi connectivity index (χ4v) is 1.60. The highest BCUT2D eigenvalue weighted by molar-refractivity contribution is 4.81. The second kappa shape index (κ2) is 3.92. The van der Waals surface area contributed by atoms with Gasteiger partial charge in [0, 0.05) is 6.42 Å². The molecule has 0 aromatic carbocycles. The van der Waals surface area contributed by atoms with Gasteiger partial charge in [0.1, 0.15) is 6.10 Å². The maximum atomic E-state index is 9.18. The highest BCUT2D eigenvalue weighted by Crippen LogP contribution is 2.30. The van der Waals surface area contributed by atoms with E-state index in [1.807, 2.05) is 0 Å². The van der Waals surface area contributed by atoms with E-state index < -0.39 is 11.9 Å². The van der Waals surface area contributed by atoms with Gasteiger partial charge in [-0.25, -0.2) is 0 Å². The van der Waals surface area contributed by atoms with Gasteiger partial charge in [-0.2, -0.15) is 0 Å². The number of rotatable bonds is 3. The molecular formula is C9H18O4. The molecule has 0 unspecified atom stereocenters. The Balaban J connectivity index is 2.53. The Bertz CT molecular complexity index is 167. The number of hydrogen-bond acceptors (Lipinski definition) is 4. The molecule has 0 aromatic heterocycles. The van der Waals surface area contributed by atoms with Crippen molar-refractivity contribution in [3.63, 3.8) is 0 Å². The van der Waals surface area contributed by atoms with E-state index in [1.54, 1.807) is 20.8 Å². The Hall–Kier alpha value is -0.160. The molecule has 0 aliphatic carbocycles. The standard InChI is InChI=1S/C9H18O4/c1-6(11)4-7-8(5-10)13-9(2,3)12-7/h6-8,10-11H,4-5H2,1-3H3/t6-,7+,8+/m0/s1.